The van der Waals surface area contributed by atoms with Crippen molar-refractivity contribution in [3.63, 3.8) is 0 Å². The van der Waals surface area contributed by atoms with Gasteiger partial charge in [0.15, 0.2) is 0 Å². The van der Waals surface area contributed by atoms with Crippen LogP contribution in [0.3, 0.4) is 0 Å². The molecule has 4 nitrogen and oxygen atoms in total. The van der Waals surface area contributed by atoms with Crippen molar-refractivity contribution in [3.8, 4) is 0 Å². The van der Waals surface area contributed by atoms with Gasteiger partial charge >= 0.3 is 0 Å². The van der Waals surface area contributed by atoms with Crippen LogP contribution in [0.4, 0.5) is 10.1 Å². The zero-order chi connectivity index (χ0) is 14.2. The molecule has 0 bridgehead atoms. The molecule has 2 N–H and O–H groups in total. The van der Waals surface area contributed by atoms with Crippen LogP contribution in [0, 0.1) is 5.82 Å². The van der Waals surface area contributed by atoms with Crippen molar-refractivity contribution < 1.29 is 9.18 Å². The number of rotatable bonds is 6. The van der Waals surface area contributed by atoms with Gasteiger partial charge in [0.25, 0.3) is 0 Å². The lowest BCUT2D eigenvalue weighted by Gasteiger charge is -2.06. The standard InChI is InChI=1S/C15H16FN3O/c16-12-4-3-6-13(10-12)19-15(20)7-9-17-11-14-5-1-2-8-18-14/h1-6,8,10,17H,7,9,11H2,(H,19,20). The molecule has 0 aliphatic carbocycles. The predicted molar refractivity (Wildman–Crippen MR) is 75.6 cm³/mol. The van der Waals surface area contributed by atoms with E-state index >= 15 is 0 Å². The van der Waals surface area contributed by atoms with Crippen LogP contribution in [0.1, 0.15) is 12.1 Å². The molecule has 1 heterocycles. The first-order valence-electron chi connectivity index (χ1n) is 6.40. The number of carbonyl (C=O) groups excluding carboxylic acids is 1. The van der Waals surface area contributed by atoms with Crippen LogP contribution in [-0.2, 0) is 11.3 Å². The summed E-state index contributed by atoms with van der Waals surface area (Å²) in [5.41, 5.74) is 1.40. The van der Waals surface area contributed by atoms with E-state index in [1.807, 2.05) is 18.2 Å². The molecule has 5 heteroatoms. The van der Waals surface area contributed by atoms with E-state index in [9.17, 15) is 9.18 Å². The fourth-order valence-corrected chi connectivity index (χ4v) is 1.71. The van der Waals surface area contributed by atoms with Gasteiger partial charge in [-0.15, -0.1) is 0 Å². The molecule has 0 unspecified atom stereocenters. The van der Waals surface area contributed by atoms with E-state index in [1.54, 1.807) is 18.3 Å². The SMILES string of the molecule is O=C(CCNCc1ccccn1)Nc1cccc(F)c1. The van der Waals surface area contributed by atoms with Gasteiger partial charge in [-0.05, 0) is 30.3 Å². The number of carbonyl (C=O) groups is 1. The van der Waals surface area contributed by atoms with Crippen LogP contribution in [0.5, 0.6) is 0 Å². The topological polar surface area (TPSA) is 54.0 Å². The van der Waals surface area contributed by atoms with Gasteiger partial charge in [-0.3, -0.25) is 9.78 Å². The van der Waals surface area contributed by atoms with Crippen LogP contribution < -0.4 is 10.6 Å². The van der Waals surface area contributed by atoms with Crippen molar-refractivity contribution in [1.29, 1.82) is 0 Å². The summed E-state index contributed by atoms with van der Waals surface area (Å²) >= 11 is 0. The third-order valence-electron chi connectivity index (χ3n) is 2.67. The first kappa shape index (κ1) is 14.1. The molecule has 0 aliphatic heterocycles. The molecule has 0 atom stereocenters. The average Bonchev–Trinajstić information content (AvgIpc) is 2.45. The van der Waals surface area contributed by atoms with E-state index in [-0.39, 0.29) is 11.7 Å². The molecule has 0 radical (unpaired) electrons. The molecule has 20 heavy (non-hydrogen) atoms. The minimum absolute atomic E-state index is 0.149. The Bertz CT molecular complexity index is 560. The highest BCUT2D eigenvalue weighted by atomic mass is 19.1. The smallest absolute Gasteiger partial charge is 0.225 e. The fourth-order valence-electron chi connectivity index (χ4n) is 1.71. The summed E-state index contributed by atoms with van der Waals surface area (Å²) in [7, 11) is 0. The number of hydrogen-bond acceptors (Lipinski definition) is 3. The number of benzene rings is 1. The second kappa shape index (κ2) is 7.35. The highest BCUT2D eigenvalue weighted by Crippen LogP contribution is 2.09. The van der Waals surface area contributed by atoms with E-state index in [0.717, 1.165) is 5.69 Å². The van der Waals surface area contributed by atoms with E-state index < -0.39 is 0 Å². The molecular weight excluding hydrogens is 257 g/mol. The number of aromatic nitrogens is 1. The zero-order valence-corrected chi connectivity index (χ0v) is 11.0. The minimum atomic E-state index is -0.365. The van der Waals surface area contributed by atoms with Crippen LogP contribution >= 0.6 is 0 Å². The van der Waals surface area contributed by atoms with E-state index in [4.69, 9.17) is 0 Å². The van der Waals surface area contributed by atoms with Crippen molar-refractivity contribution in [2.45, 2.75) is 13.0 Å². The Kier molecular flexibility index (Phi) is 5.20. The molecule has 1 aromatic carbocycles. The lowest BCUT2D eigenvalue weighted by molar-refractivity contribution is -0.116. The van der Waals surface area contributed by atoms with E-state index in [2.05, 4.69) is 15.6 Å². The first-order chi connectivity index (χ1) is 9.74. The van der Waals surface area contributed by atoms with Gasteiger partial charge in [0.05, 0.1) is 5.69 Å². The number of halogens is 1. The molecule has 1 aromatic heterocycles. The summed E-state index contributed by atoms with van der Waals surface area (Å²) in [5.74, 6) is -0.514. The Morgan fingerprint density at radius 3 is 2.85 bits per heavy atom. The Hall–Kier alpha value is -2.27. The largest absolute Gasteiger partial charge is 0.326 e. The van der Waals surface area contributed by atoms with Gasteiger partial charge in [-0.1, -0.05) is 12.1 Å². The molecule has 104 valence electrons. The highest BCUT2D eigenvalue weighted by Gasteiger charge is 2.02. The number of pyridine rings is 1. The molecule has 0 aliphatic rings. The maximum absolute atomic E-state index is 12.9. The monoisotopic (exact) mass is 273 g/mol. The number of anilines is 1. The van der Waals surface area contributed by atoms with Crippen molar-refractivity contribution in [2.24, 2.45) is 0 Å². The molecule has 1 amide bonds. The molecule has 0 spiro atoms. The van der Waals surface area contributed by atoms with Gasteiger partial charge < -0.3 is 10.6 Å². The molecule has 2 rings (SSSR count). The van der Waals surface area contributed by atoms with Crippen LogP contribution in [0.2, 0.25) is 0 Å². The van der Waals surface area contributed by atoms with E-state index in [0.29, 0.717) is 25.2 Å². The summed E-state index contributed by atoms with van der Waals surface area (Å²) in [4.78, 5) is 15.8. The number of nitrogens with zero attached hydrogens (tertiary/aromatic N) is 1. The summed E-state index contributed by atoms with van der Waals surface area (Å²) in [6, 6.07) is 11.5. The van der Waals surface area contributed by atoms with Crippen molar-refractivity contribution in [3.05, 3.63) is 60.2 Å². The summed E-state index contributed by atoms with van der Waals surface area (Å²) < 4.78 is 12.9. The first-order valence-corrected chi connectivity index (χ1v) is 6.40. The Balaban J connectivity index is 1.68. The van der Waals surface area contributed by atoms with Crippen LogP contribution in [0.25, 0.3) is 0 Å². The van der Waals surface area contributed by atoms with Gasteiger partial charge in [-0.25, -0.2) is 4.39 Å². The Morgan fingerprint density at radius 1 is 1.20 bits per heavy atom. The van der Waals surface area contributed by atoms with Crippen molar-refractivity contribution >= 4 is 11.6 Å². The zero-order valence-electron chi connectivity index (χ0n) is 11.0. The third kappa shape index (κ3) is 4.78. The van der Waals surface area contributed by atoms with Gasteiger partial charge in [0, 0.05) is 31.4 Å². The number of nitrogens with one attached hydrogen (secondary N) is 2. The predicted octanol–water partition coefficient (Wildman–Crippen LogP) is 2.34. The summed E-state index contributed by atoms with van der Waals surface area (Å²) in [5, 5.41) is 5.78. The lowest BCUT2D eigenvalue weighted by atomic mass is 10.3. The number of hydrogen-bond donors (Lipinski definition) is 2. The maximum atomic E-state index is 12.9. The van der Waals surface area contributed by atoms with Crippen molar-refractivity contribution in [2.75, 3.05) is 11.9 Å². The number of amides is 1. The molecule has 2 aromatic rings. The van der Waals surface area contributed by atoms with Gasteiger partial charge in [0.1, 0.15) is 5.82 Å². The quantitative estimate of drug-likeness (QED) is 0.794. The average molecular weight is 273 g/mol. The normalized spacial score (nSPS) is 10.2. The van der Waals surface area contributed by atoms with Crippen molar-refractivity contribution in [1.82, 2.24) is 10.3 Å². The Labute approximate surface area is 117 Å². The maximum Gasteiger partial charge on any atom is 0.225 e. The second-order valence-corrected chi connectivity index (χ2v) is 4.31. The lowest BCUT2D eigenvalue weighted by Crippen LogP contribution is -2.21. The molecular formula is C15H16FN3O. The van der Waals surface area contributed by atoms with Gasteiger partial charge in [0.2, 0.25) is 5.91 Å². The highest BCUT2D eigenvalue weighted by molar-refractivity contribution is 5.90. The molecule has 0 saturated heterocycles. The minimum Gasteiger partial charge on any atom is -0.326 e. The third-order valence-corrected chi connectivity index (χ3v) is 2.67. The molecule has 0 fully saturated rings. The summed E-state index contributed by atoms with van der Waals surface area (Å²) in [6.45, 7) is 1.16. The summed E-state index contributed by atoms with van der Waals surface area (Å²) in [6.07, 6.45) is 2.05. The van der Waals surface area contributed by atoms with E-state index in [1.165, 1.54) is 12.1 Å². The van der Waals surface area contributed by atoms with Gasteiger partial charge in [-0.2, -0.15) is 0 Å². The fraction of sp³-hybridized carbons (Fsp3) is 0.200. The molecule has 0 saturated carbocycles. The Morgan fingerprint density at radius 2 is 2.10 bits per heavy atom. The van der Waals surface area contributed by atoms with Crippen LogP contribution in [-0.4, -0.2) is 17.4 Å². The van der Waals surface area contributed by atoms with Crippen LogP contribution in [0.15, 0.2) is 48.7 Å². The second-order valence-electron chi connectivity index (χ2n) is 4.31.